The number of carbonyl (C=O) groups excluding carboxylic acids is 1. The van der Waals surface area contributed by atoms with Crippen molar-refractivity contribution in [3.63, 3.8) is 0 Å². The largest absolute Gasteiger partial charge is 0.463 e. The summed E-state index contributed by atoms with van der Waals surface area (Å²) in [4.78, 5) is 25.2. The molecule has 1 aromatic carbocycles. The standard InChI is InChI=1S/C19H29N3O4/c1-20-13-15-7-9-17(10-8-15)18(23)21-11-4-6-16(14-21)5-2-3-12-22(26)19(24)25/h7-10,16,20,26H,2-6,11-14H2,1H3,(H,24,25)/t16-/m1/s1. The summed E-state index contributed by atoms with van der Waals surface area (Å²) < 4.78 is 0. The Balaban J connectivity index is 1.79. The zero-order chi connectivity index (χ0) is 18.9. The van der Waals surface area contributed by atoms with E-state index in [1.807, 2.05) is 36.2 Å². The smallest absolute Gasteiger partial charge is 0.431 e. The van der Waals surface area contributed by atoms with E-state index in [9.17, 15) is 9.59 Å². The van der Waals surface area contributed by atoms with Crippen molar-refractivity contribution in [2.75, 3.05) is 26.7 Å². The lowest BCUT2D eigenvalue weighted by molar-refractivity contribution is -0.0646. The van der Waals surface area contributed by atoms with Crippen molar-refractivity contribution in [2.24, 2.45) is 5.92 Å². The molecular weight excluding hydrogens is 334 g/mol. The molecule has 0 aliphatic carbocycles. The van der Waals surface area contributed by atoms with Gasteiger partial charge in [0, 0.05) is 25.2 Å². The summed E-state index contributed by atoms with van der Waals surface area (Å²) in [5.74, 6) is 0.520. The van der Waals surface area contributed by atoms with Gasteiger partial charge in [-0.05, 0) is 56.3 Å². The summed E-state index contributed by atoms with van der Waals surface area (Å²) in [5, 5.41) is 21.2. The lowest BCUT2D eigenvalue weighted by Crippen LogP contribution is -2.40. The van der Waals surface area contributed by atoms with Gasteiger partial charge in [-0.1, -0.05) is 18.6 Å². The van der Waals surface area contributed by atoms with Crippen LogP contribution in [0, 0.1) is 5.92 Å². The molecule has 1 aliphatic rings. The number of carbonyl (C=O) groups is 2. The predicted molar refractivity (Wildman–Crippen MR) is 98.2 cm³/mol. The number of benzene rings is 1. The number of hydrogen-bond acceptors (Lipinski definition) is 4. The summed E-state index contributed by atoms with van der Waals surface area (Å²) in [6.07, 6.45) is 3.18. The Morgan fingerprint density at radius 2 is 2.00 bits per heavy atom. The number of rotatable bonds is 8. The molecule has 7 heteroatoms. The van der Waals surface area contributed by atoms with Crippen molar-refractivity contribution >= 4 is 12.0 Å². The third-order valence-electron chi connectivity index (χ3n) is 4.84. The number of hydroxylamine groups is 2. The molecule has 0 aromatic heterocycles. The lowest BCUT2D eigenvalue weighted by atomic mass is 9.92. The highest BCUT2D eigenvalue weighted by Crippen LogP contribution is 2.23. The molecule has 0 radical (unpaired) electrons. The first kappa shape index (κ1) is 20.2. The molecule has 0 spiro atoms. The van der Waals surface area contributed by atoms with Crippen molar-refractivity contribution in [2.45, 2.75) is 38.6 Å². The molecule has 7 nitrogen and oxygen atoms in total. The molecule has 3 N–H and O–H groups in total. The van der Waals surface area contributed by atoms with E-state index in [-0.39, 0.29) is 12.5 Å². The van der Waals surface area contributed by atoms with Crippen molar-refractivity contribution in [3.8, 4) is 0 Å². The van der Waals surface area contributed by atoms with Crippen molar-refractivity contribution in [1.29, 1.82) is 0 Å². The Hall–Kier alpha value is -2.12. The number of piperidine rings is 1. The molecular formula is C19H29N3O4. The van der Waals surface area contributed by atoms with Crippen molar-refractivity contribution < 1.29 is 19.9 Å². The number of hydrogen-bond donors (Lipinski definition) is 3. The Kier molecular flexibility index (Phi) is 7.87. The molecule has 0 bridgehead atoms. The van der Waals surface area contributed by atoms with E-state index in [0.29, 0.717) is 17.4 Å². The number of unbranched alkanes of at least 4 members (excludes halogenated alkanes) is 1. The van der Waals surface area contributed by atoms with Gasteiger partial charge in [-0.2, -0.15) is 5.06 Å². The summed E-state index contributed by atoms with van der Waals surface area (Å²) in [5.41, 5.74) is 1.88. The topological polar surface area (TPSA) is 93.1 Å². The van der Waals surface area contributed by atoms with Crippen LogP contribution in [-0.4, -0.2) is 59.0 Å². The van der Waals surface area contributed by atoms with Gasteiger partial charge in [0.25, 0.3) is 5.91 Å². The van der Waals surface area contributed by atoms with Crippen LogP contribution in [0.15, 0.2) is 24.3 Å². The lowest BCUT2D eigenvalue weighted by Gasteiger charge is -2.33. The minimum absolute atomic E-state index is 0.0816. The minimum Gasteiger partial charge on any atom is -0.463 e. The van der Waals surface area contributed by atoms with E-state index in [1.165, 1.54) is 0 Å². The molecule has 1 heterocycles. The highest BCUT2D eigenvalue weighted by molar-refractivity contribution is 5.94. The molecule has 2 rings (SSSR count). The fourth-order valence-electron chi connectivity index (χ4n) is 3.43. The fraction of sp³-hybridized carbons (Fsp3) is 0.579. The zero-order valence-corrected chi connectivity index (χ0v) is 15.4. The average Bonchev–Trinajstić information content (AvgIpc) is 2.65. The number of amides is 2. The molecule has 1 fully saturated rings. The van der Waals surface area contributed by atoms with Gasteiger partial charge in [0.05, 0.1) is 6.54 Å². The number of nitrogens with one attached hydrogen (secondary N) is 1. The van der Waals surface area contributed by atoms with E-state index in [1.54, 1.807) is 0 Å². The Bertz CT molecular complexity index is 591. The number of carboxylic acid groups (broad SMARTS) is 1. The van der Waals surface area contributed by atoms with Crippen LogP contribution < -0.4 is 5.32 Å². The highest BCUT2D eigenvalue weighted by Gasteiger charge is 2.24. The molecule has 0 unspecified atom stereocenters. The average molecular weight is 363 g/mol. The normalized spacial score (nSPS) is 17.2. The van der Waals surface area contributed by atoms with Gasteiger partial charge in [-0.25, -0.2) is 4.79 Å². The van der Waals surface area contributed by atoms with Crippen LogP contribution in [-0.2, 0) is 6.54 Å². The van der Waals surface area contributed by atoms with E-state index in [0.717, 1.165) is 56.4 Å². The molecule has 1 atom stereocenters. The van der Waals surface area contributed by atoms with Crippen molar-refractivity contribution in [3.05, 3.63) is 35.4 Å². The first-order valence-corrected chi connectivity index (χ1v) is 9.23. The summed E-state index contributed by atoms with van der Waals surface area (Å²) in [6.45, 7) is 2.45. The van der Waals surface area contributed by atoms with Crippen LogP contribution in [0.2, 0.25) is 0 Å². The zero-order valence-electron chi connectivity index (χ0n) is 15.4. The Morgan fingerprint density at radius 1 is 1.27 bits per heavy atom. The second-order valence-electron chi connectivity index (χ2n) is 6.89. The van der Waals surface area contributed by atoms with Gasteiger partial charge in [0.2, 0.25) is 0 Å². The molecule has 144 valence electrons. The highest BCUT2D eigenvalue weighted by atomic mass is 16.6. The molecule has 1 aliphatic heterocycles. The van der Waals surface area contributed by atoms with Gasteiger partial charge in [0.1, 0.15) is 0 Å². The van der Waals surface area contributed by atoms with Crippen LogP contribution >= 0.6 is 0 Å². The second-order valence-corrected chi connectivity index (χ2v) is 6.89. The van der Waals surface area contributed by atoms with Crippen LogP contribution in [0.1, 0.15) is 48.0 Å². The van der Waals surface area contributed by atoms with Crippen LogP contribution in [0.25, 0.3) is 0 Å². The fourth-order valence-corrected chi connectivity index (χ4v) is 3.43. The maximum Gasteiger partial charge on any atom is 0.431 e. The first-order valence-electron chi connectivity index (χ1n) is 9.23. The van der Waals surface area contributed by atoms with Gasteiger partial charge in [-0.15, -0.1) is 0 Å². The molecule has 1 saturated heterocycles. The van der Waals surface area contributed by atoms with Gasteiger partial charge in [0.15, 0.2) is 0 Å². The third-order valence-corrected chi connectivity index (χ3v) is 4.84. The predicted octanol–water partition coefficient (Wildman–Crippen LogP) is 2.80. The van der Waals surface area contributed by atoms with Crippen LogP contribution in [0.4, 0.5) is 4.79 Å². The first-order chi connectivity index (χ1) is 12.5. The summed E-state index contributed by atoms with van der Waals surface area (Å²) >= 11 is 0. The SMILES string of the molecule is CNCc1ccc(C(=O)N2CCC[C@@H](CCCCN(O)C(=O)O)C2)cc1. The van der Waals surface area contributed by atoms with Crippen molar-refractivity contribution in [1.82, 2.24) is 15.3 Å². The van der Waals surface area contributed by atoms with Crippen LogP contribution in [0.3, 0.4) is 0 Å². The molecule has 26 heavy (non-hydrogen) atoms. The van der Waals surface area contributed by atoms with Gasteiger partial charge in [-0.3, -0.25) is 10.0 Å². The number of likely N-dealkylation sites (tertiary alicyclic amines) is 1. The maximum absolute atomic E-state index is 12.7. The minimum atomic E-state index is -1.32. The number of nitrogens with zero attached hydrogens (tertiary/aromatic N) is 2. The molecule has 0 saturated carbocycles. The van der Waals surface area contributed by atoms with E-state index in [2.05, 4.69) is 5.32 Å². The molecule has 2 amide bonds. The Labute approximate surface area is 154 Å². The van der Waals surface area contributed by atoms with E-state index < -0.39 is 6.09 Å². The van der Waals surface area contributed by atoms with Gasteiger partial charge < -0.3 is 15.3 Å². The van der Waals surface area contributed by atoms with E-state index in [4.69, 9.17) is 10.3 Å². The van der Waals surface area contributed by atoms with Crippen LogP contribution in [0.5, 0.6) is 0 Å². The summed E-state index contributed by atoms with van der Waals surface area (Å²) in [7, 11) is 1.90. The molecule has 1 aromatic rings. The quantitative estimate of drug-likeness (QED) is 0.375. The van der Waals surface area contributed by atoms with E-state index >= 15 is 0 Å². The third kappa shape index (κ3) is 6.00. The Morgan fingerprint density at radius 3 is 2.65 bits per heavy atom. The second kappa shape index (κ2) is 10.1. The maximum atomic E-state index is 12.7. The monoisotopic (exact) mass is 363 g/mol. The van der Waals surface area contributed by atoms with Gasteiger partial charge >= 0.3 is 6.09 Å². The summed E-state index contributed by atoms with van der Waals surface area (Å²) in [6, 6.07) is 7.74.